The van der Waals surface area contributed by atoms with Gasteiger partial charge in [0.1, 0.15) is 0 Å². The molecule has 0 aliphatic carbocycles. The predicted octanol–water partition coefficient (Wildman–Crippen LogP) is 0.649. The molecular formula is C13H16N4O. The van der Waals surface area contributed by atoms with Crippen LogP contribution in [0.2, 0.25) is 0 Å². The number of likely N-dealkylation sites (N-methyl/N-ethyl adjacent to an activating group) is 1. The normalized spacial score (nSPS) is 21.3. The van der Waals surface area contributed by atoms with E-state index in [-0.39, 0.29) is 11.8 Å². The lowest BCUT2D eigenvalue weighted by atomic mass is 10.0. The molecule has 94 valence electrons. The Morgan fingerprint density at radius 1 is 1.50 bits per heavy atom. The smallest absolute Gasteiger partial charge is 0.181 e. The number of nitrogens with zero attached hydrogens (tertiary/aromatic N) is 2. The molecule has 2 heterocycles. The molecule has 0 radical (unpaired) electrons. The van der Waals surface area contributed by atoms with Crippen molar-refractivity contribution in [1.29, 1.82) is 0 Å². The summed E-state index contributed by atoms with van der Waals surface area (Å²) < 4.78 is 0. The van der Waals surface area contributed by atoms with Crippen LogP contribution in [0.25, 0.3) is 11.0 Å². The van der Waals surface area contributed by atoms with E-state index in [9.17, 15) is 4.79 Å². The van der Waals surface area contributed by atoms with Crippen LogP contribution in [0.1, 0.15) is 10.4 Å². The van der Waals surface area contributed by atoms with Gasteiger partial charge in [-0.1, -0.05) is 0 Å². The van der Waals surface area contributed by atoms with Gasteiger partial charge >= 0.3 is 0 Å². The van der Waals surface area contributed by atoms with E-state index in [2.05, 4.69) is 20.2 Å². The second-order valence-corrected chi connectivity index (χ2v) is 4.77. The van der Waals surface area contributed by atoms with E-state index in [1.165, 1.54) is 0 Å². The molecule has 1 unspecified atom stereocenters. The third-order valence-corrected chi connectivity index (χ3v) is 3.40. The summed E-state index contributed by atoms with van der Waals surface area (Å²) in [6.07, 6.45) is 1.64. The molecule has 1 fully saturated rings. The van der Waals surface area contributed by atoms with Crippen LogP contribution in [0.15, 0.2) is 24.5 Å². The number of rotatable bonds is 2. The maximum Gasteiger partial charge on any atom is 0.181 e. The molecule has 0 spiro atoms. The van der Waals surface area contributed by atoms with Gasteiger partial charge in [-0.15, -0.1) is 0 Å². The molecule has 1 aliphatic heterocycles. The highest BCUT2D eigenvalue weighted by Gasteiger charge is 2.24. The number of imidazole rings is 1. The van der Waals surface area contributed by atoms with Gasteiger partial charge in [-0.2, -0.15) is 0 Å². The minimum atomic E-state index is -0.107. The molecule has 18 heavy (non-hydrogen) atoms. The highest BCUT2D eigenvalue weighted by atomic mass is 16.1. The molecule has 5 nitrogen and oxygen atoms in total. The Bertz CT molecular complexity index is 577. The number of aromatic nitrogens is 2. The molecule has 2 N–H and O–H groups in total. The number of Topliss-reactive ketones (excluding diaryl/α,β-unsaturated/α-hetero) is 1. The molecule has 1 aliphatic rings. The predicted molar refractivity (Wildman–Crippen MR) is 69.7 cm³/mol. The summed E-state index contributed by atoms with van der Waals surface area (Å²) in [5, 5.41) is 3.27. The summed E-state index contributed by atoms with van der Waals surface area (Å²) in [5.74, 6) is 0.151. The van der Waals surface area contributed by atoms with Gasteiger partial charge in [-0.05, 0) is 25.2 Å². The highest BCUT2D eigenvalue weighted by Crippen LogP contribution is 2.14. The number of ketones is 1. The van der Waals surface area contributed by atoms with E-state index in [1.54, 1.807) is 6.33 Å². The number of hydrogen-bond donors (Lipinski definition) is 2. The van der Waals surface area contributed by atoms with Crippen LogP contribution in [-0.2, 0) is 0 Å². The quantitative estimate of drug-likeness (QED) is 0.761. The number of hydrogen-bond acceptors (Lipinski definition) is 4. The largest absolute Gasteiger partial charge is 0.345 e. The van der Waals surface area contributed by atoms with Crippen LogP contribution < -0.4 is 5.32 Å². The Hall–Kier alpha value is -1.72. The van der Waals surface area contributed by atoms with Gasteiger partial charge in [0, 0.05) is 25.2 Å². The molecule has 0 bridgehead atoms. The Morgan fingerprint density at radius 2 is 2.39 bits per heavy atom. The molecule has 1 saturated heterocycles. The van der Waals surface area contributed by atoms with Crippen molar-refractivity contribution < 1.29 is 4.79 Å². The van der Waals surface area contributed by atoms with E-state index in [1.807, 2.05) is 25.2 Å². The standard InChI is InChI=1S/C13H16N4O/c1-17-5-4-14-12(7-17)13(18)9-2-3-10-11(6-9)16-8-15-10/h2-3,6,8,12,14H,4-5,7H2,1H3,(H,15,16). The third kappa shape index (κ3) is 2.02. The first-order chi connectivity index (χ1) is 8.74. The fraction of sp³-hybridized carbons (Fsp3) is 0.385. The molecule has 3 rings (SSSR count). The van der Waals surface area contributed by atoms with E-state index < -0.39 is 0 Å². The van der Waals surface area contributed by atoms with Crippen molar-refractivity contribution in [2.24, 2.45) is 0 Å². The summed E-state index contributed by atoms with van der Waals surface area (Å²) in [5.41, 5.74) is 2.53. The molecule has 1 aromatic heterocycles. The van der Waals surface area contributed by atoms with Crippen molar-refractivity contribution in [3.8, 4) is 0 Å². The first-order valence-electron chi connectivity index (χ1n) is 6.13. The summed E-state index contributed by atoms with van der Waals surface area (Å²) in [6, 6.07) is 5.50. The number of H-pyrrole nitrogens is 1. The van der Waals surface area contributed by atoms with Crippen LogP contribution in [0.5, 0.6) is 0 Å². The summed E-state index contributed by atoms with van der Waals surface area (Å²) in [4.78, 5) is 21.7. The molecule has 2 aromatic rings. The second-order valence-electron chi connectivity index (χ2n) is 4.77. The lowest BCUT2D eigenvalue weighted by Gasteiger charge is -2.29. The molecular weight excluding hydrogens is 228 g/mol. The zero-order valence-electron chi connectivity index (χ0n) is 10.3. The van der Waals surface area contributed by atoms with Crippen molar-refractivity contribution in [2.45, 2.75) is 6.04 Å². The topological polar surface area (TPSA) is 61.0 Å². The van der Waals surface area contributed by atoms with Gasteiger partial charge in [0.2, 0.25) is 0 Å². The first kappa shape index (κ1) is 11.4. The fourth-order valence-corrected chi connectivity index (χ4v) is 2.36. The van der Waals surface area contributed by atoms with Gasteiger partial charge in [-0.3, -0.25) is 4.79 Å². The zero-order valence-corrected chi connectivity index (χ0v) is 10.3. The zero-order chi connectivity index (χ0) is 12.5. The highest BCUT2D eigenvalue weighted by molar-refractivity contribution is 6.02. The third-order valence-electron chi connectivity index (χ3n) is 3.40. The average Bonchev–Trinajstić information content (AvgIpc) is 2.85. The SMILES string of the molecule is CN1CCNC(C(=O)c2ccc3nc[nH]c3c2)C1. The first-order valence-corrected chi connectivity index (χ1v) is 6.13. The lowest BCUT2D eigenvalue weighted by Crippen LogP contribution is -2.52. The van der Waals surface area contributed by atoms with Crippen molar-refractivity contribution in [3.05, 3.63) is 30.1 Å². The van der Waals surface area contributed by atoms with Crippen LogP contribution in [0, 0.1) is 0 Å². The van der Waals surface area contributed by atoms with E-state index in [0.29, 0.717) is 0 Å². The Morgan fingerprint density at radius 3 is 3.22 bits per heavy atom. The second kappa shape index (κ2) is 4.51. The van der Waals surface area contributed by atoms with Crippen LogP contribution in [0.4, 0.5) is 0 Å². The Labute approximate surface area is 105 Å². The number of piperazine rings is 1. The fourth-order valence-electron chi connectivity index (χ4n) is 2.36. The van der Waals surface area contributed by atoms with Crippen molar-refractivity contribution in [1.82, 2.24) is 20.2 Å². The van der Waals surface area contributed by atoms with Crippen molar-refractivity contribution >= 4 is 16.8 Å². The van der Waals surface area contributed by atoms with Crippen molar-refractivity contribution in [2.75, 3.05) is 26.7 Å². The molecule has 5 heteroatoms. The number of nitrogens with one attached hydrogen (secondary N) is 2. The number of carbonyl (C=O) groups is 1. The van der Waals surface area contributed by atoms with Gasteiger partial charge in [0.25, 0.3) is 0 Å². The number of fused-ring (bicyclic) bond motifs is 1. The van der Waals surface area contributed by atoms with E-state index in [0.717, 1.165) is 36.2 Å². The summed E-state index contributed by atoms with van der Waals surface area (Å²) >= 11 is 0. The number of benzene rings is 1. The minimum Gasteiger partial charge on any atom is -0.345 e. The Kier molecular flexibility index (Phi) is 2.85. The van der Waals surface area contributed by atoms with Crippen LogP contribution in [-0.4, -0.2) is 53.4 Å². The van der Waals surface area contributed by atoms with Gasteiger partial charge < -0.3 is 15.2 Å². The molecule has 1 aromatic carbocycles. The van der Waals surface area contributed by atoms with Gasteiger partial charge in [0.05, 0.1) is 23.4 Å². The van der Waals surface area contributed by atoms with Crippen LogP contribution >= 0.6 is 0 Å². The number of carbonyl (C=O) groups excluding carboxylic acids is 1. The molecule has 0 amide bonds. The molecule has 0 saturated carbocycles. The average molecular weight is 244 g/mol. The summed E-state index contributed by atoms with van der Waals surface area (Å²) in [6.45, 7) is 2.61. The van der Waals surface area contributed by atoms with Crippen LogP contribution in [0.3, 0.4) is 0 Å². The molecule has 1 atom stereocenters. The minimum absolute atomic E-state index is 0.107. The van der Waals surface area contributed by atoms with E-state index >= 15 is 0 Å². The lowest BCUT2D eigenvalue weighted by molar-refractivity contribution is 0.0894. The summed E-state index contributed by atoms with van der Waals surface area (Å²) in [7, 11) is 2.04. The monoisotopic (exact) mass is 244 g/mol. The Balaban J connectivity index is 1.86. The van der Waals surface area contributed by atoms with Crippen molar-refractivity contribution in [3.63, 3.8) is 0 Å². The maximum atomic E-state index is 12.4. The van der Waals surface area contributed by atoms with Gasteiger partial charge in [0.15, 0.2) is 5.78 Å². The van der Waals surface area contributed by atoms with Gasteiger partial charge in [-0.25, -0.2) is 4.98 Å². The van der Waals surface area contributed by atoms with E-state index in [4.69, 9.17) is 0 Å². The maximum absolute atomic E-state index is 12.4. The number of aromatic amines is 1.